The lowest BCUT2D eigenvalue weighted by Gasteiger charge is -2.13. The van der Waals surface area contributed by atoms with E-state index in [-0.39, 0.29) is 6.10 Å². The minimum atomic E-state index is 0.223. The summed E-state index contributed by atoms with van der Waals surface area (Å²) in [7, 11) is 1.70. The van der Waals surface area contributed by atoms with E-state index in [0.29, 0.717) is 6.54 Å². The number of nitrogens with zero attached hydrogens (tertiary/aromatic N) is 2. The number of rotatable bonds is 7. The number of hydrogen-bond acceptors (Lipinski definition) is 3. The lowest BCUT2D eigenvalue weighted by atomic mass is 10.1. The number of methoxy groups -OCH3 is 1. The van der Waals surface area contributed by atoms with Crippen LogP contribution in [-0.2, 0) is 19.5 Å². The molecule has 6 nitrogen and oxygen atoms in total. The highest BCUT2D eigenvalue weighted by atomic mass is 16.5. The quantitative estimate of drug-likeness (QED) is 0.591. The minimum Gasteiger partial charge on any atom is -0.496 e. The summed E-state index contributed by atoms with van der Waals surface area (Å²) < 4.78 is 13.6. The molecule has 2 heterocycles. The largest absolute Gasteiger partial charge is 0.496 e. The van der Waals surface area contributed by atoms with E-state index in [0.717, 1.165) is 49.1 Å². The first kappa shape index (κ1) is 18.2. The maximum Gasteiger partial charge on any atom is 0.191 e. The fourth-order valence-corrected chi connectivity index (χ4v) is 3.12. The van der Waals surface area contributed by atoms with E-state index in [1.54, 1.807) is 7.11 Å². The maximum absolute atomic E-state index is 5.87. The Bertz CT molecular complexity index is 741. The van der Waals surface area contributed by atoms with E-state index in [1.807, 2.05) is 12.1 Å². The van der Waals surface area contributed by atoms with Crippen molar-refractivity contribution in [3.05, 3.63) is 47.8 Å². The lowest BCUT2D eigenvalue weighted by molar-refractivity contribution is 0.254. The first-order valence-corrected chi connectivity index (χ1v) is 9.19. The molecule has 2 N–H and O–H groups in total. The van der Waals surface area contributed by atoms with Gasteiger partial charge < -0.3 is 24.7 Å². The molecule has 3 rings (SSSR count). The minimum absolute atomic E-state index is 0.223. The van der Waals surface area contributed by atoms with Crippen molar-refractivity contribution in [3.8, 4) is 11.5 Å². The van der Waals surface area contributed by atoms with Gasteiger partial charge in [-0.05, 0) is 38.1 Å². The number of aliphatic imine (C=N–C) groups is 1. The van der Waals surface area contributed by atoms with Gasteiger partial charge in [-0.1, -0.05) is 0 Å². The lowest BCUT2D eigenvalue weighted by Crippen LogP contribution is -2.38. The summed E-state index contributed by atoms with van der Waals surface area (Å²) in [4.78, 5) is 4.71. The van der Waals surface area contributed by atoms with E-state index in [4.69, 9.17) is 14.5 Å². The third kappa shape index (κ3) is 4.50. The summed E-state index contributed by atoms with van der Waals surface area (Å²) >= 11 is 0. The molecule has 6 heteroatoms. The molecular weight excluding hydrogens is 328 g/mol. The fraction of sp³-hybridized carbons (Fsp3) is 0.450. The number of fused-ring (bicyclic) bond motifs is 1. The molecule has 26 heavy (non-hydrogen) atoms. The van der Waals surface area contributed by atoms with Crippen molar-refractivity contribution in [2.75, 3.05) is 20.2 Å². The van der Waals surface area contributed by atoms with Crippen LogP contribution >= 0.6 is 0 Å². The predicted octanol–water partition coefficient (Wildman–Crippen LogP) is 2.58. The first-order chi connectivity index (χ1) is 12.7. The summed E-state index contributed by atoms with van der Waals surface area (Å²) in [6, 6.07) is 8.20. The van der Waals surface area contributed by atoms with Crippen molar-refractivity contribution in [1.82, 2.24) is 15.2 Å². The topological polar surface area (TPSA) is 59.8 Å². The Morgan fingerprint density at radius 3 is 2.85 bits per heavy atom. The molecule has 1 aromatic carbocycles. The first-order valence-electron chi connectivity index (χ1n) is 9.19. The number of nitrogens with one attached hydrogen (secondary N) is 2. The number of aromatic nitrogens is 1. The number of guanidine groups is 1. The van der Waals surface area contributed by atoms with Crippen LogP contribution in [0, 0.1) is 0 Å². The SMILES string of the molecule is CCNC(=NCc1cc2c(cc1OC)CC(C)O2)NCCn1cccc1. The zero-order chi connectivity index (χ0) is 18.4. The average Bonchev–Trinajstić information content (AvgIpc) is 3.26. The van der Waals surface area contributed by atoms with Crippen molar-refractivity contribution < 1.29 is 9.47 Å². The van der Waals surface area contributed by atoms with Crippen molar-refractivity contribution in [1.29, 1.82) is 0 Å². The number of hydrogen-bond donors (Lipinski definition) is 2. The van der Waals surface area contributed by atoms with Crippen molar-refractivity contribution in [2.45, 2.75) is 39.5 Å². The third-order valence-corrected chi connectivity index (χ3v) is 4.38. The van der Waals surface area contributed by atoms with Crippen LogP contribution in [-0.4, -0.2) is 36.8 Å². The summed E-state index contributed by atoms with van der Waals surface area (Å²) in [6.07, 6.45) is 5.27. The van der Waals surface area contributed by atoms with Gasteiger partial charge in [0.1, 0.15) is 17.6 Å². The molecule has 140 valence electrons. The standard InChI is InChI=1S/C20H28N4O2/c1-4-21-20(22-7-10-24-8-5-6-9-24)23-14-17-13-19-16(11-15(2)26-19)12-18(17)25-3/h5-6,8-9,12-13,15H,4,7,10-11,14H2,1-3H3,(H2,21,22,23). The fourth-order valence-electron chi connectivity index (χ4n) is 3.12. The van der Waals surface area contributed by atoms with Crippen LogP contribution in [0.3, 0.4) is 0 Å². The second-order valence-corrected chi connectivity index (χ2v) is 6.45. The van der Waals surface area contributed by atoms with Gasteiger partial charge in [0.25, 0.3) is 0 Å². The Morgan fingerprint density at radius 1 is 1.31 bits per heavy atom. The van der Waals surface area contributed by atoms with Crippen molar-refractivity contribution in [3.63, 3.8) is 0 Å². The molecule has 1 aromatic heterocycles. The van der Waals surface area contributed by atoms with E-state index in [1.165, 1.54) is 5.56 Å². The normalized spacial score (nSPS) is 16.1. The Kier molecular flexibility index (Phi) is 6.04. The zero-order valence-electron chi connectivity index (χ0n) is 15.8. The highest BCUT2D eigenvalue weighted by molar-refractivity contribution is 5.79. The van der Waals surface area contributed by atoms with E-state index >= 15 is 0 Å². The summed E-state index contributed by atoms with van der Waals surface area (Å²) in [5, 5.41) is 6.66. The molecule has 2 aromatic rings. The van der Waals surface area contributed by atoms with Gasteiger partial charge in [-0.25, -0.2) is 4.99 Å². The number of benzene rings is 1. The number of ether oxygens (including phenoxy) is 2. The predicted molar refractivity (Wildman–Crippen MR) is 104 cm³/mol. The molecule has 0 spiro atoms. The molecule has 1 aliphatic heterocycles. The van der Waals surface area contributed by atoms with Crippen LogP contribution in [0.15, 0.2) is 41.7 Å². The Morgan fingerprint density at radius 2 is 2.12 bits per heavy atom. The highest BCUT2D eigenvalue weighted by Crippen LogP contribution is 2.35. The van der Waals surface area contributed by atoms with Gasteiger partial charge in [-0.2, -0.15) is 0 Å². The summed E-state index contributed by atoms with van der Waals surface area (Å²) in [5.74, 6) is 2.62. The molecule has 0 aliphatic carbocycles. The summed E-state index contributed by atoms with van der Waals surface area (Å²) in [5.41, 5.74) is 2.24. The molecule has 1 aliphatic rings. The van der Waals surface area contributed by atoms with Crippen LogP contribution in [0.25, 0.3) is 0 Å². The Labute approximate surface area is 155 Å². The Hall–Kier alpha value is -2.63. The van der Waals surface area contributed by atoms with Crippen LogP contribution in [0.4, 0.5) is 0 Å². The molecule has 1 unspecified atom stereocenters. The second-order valence-electron chi connectivity index (χ2n) is 6.45. The second kappa shape index (κ2) is 8.65. The van der Waals surface area contributed by atoms with Gasteiger partial charge in [-0.3, -0.25) is 0 Å². The molecule has 0 radical (unpaired) electrons. The van der Waals surface area contributed by atoms with E-state index < -0.39 is 0 Å². The van der Waals surface area contributed by atoms with Gasteiger partial charge in [0.2, 0.25) is 0 Å². The molecule has 0 saturated heterocycles. The van der Waals surface area contributed by atoms with Gasteiger partial charge in [-0.15, -0.1) is 0 Å². The smallest absolute Gasteiger partial charge is 0.191 e. The van der Waals surface area contributed by atoms with Gasteiger partial charge in [0.15, 0.2) is 5.96 Å². The van der Waals surface area contributed by atoms with Crippen molar-refractivity contribution in [2.24, 2.45) is 4.99 Å². The summed E-state index contributed by atoms with van der Waals surface area (Å²) in [6.45, 7) is 7.20. The van der Waals surface area contributed by atoms with Gasteiger partial charge in [0, 0.05) is 49.6 Å². The van der Waals surface area contributed by atoms with Crippen LogP contribution in [0.2, 0.25) is 0 Å². The molecule has 0 fully saturated rings. The molecule has 0 amide bonds. The molecule has 0 saturated carbocycles. The highest BCUT2D eigenvalue weighted by Gasteiger charge is 2.21. The molecule has 1 atom stereocenters. The van der Waals surface area contributed by atoms with Crippen LogP contribution in [0.5, 0.6) is 11.5 Å². The maximum atomic E-state index is 5.87. The third-order valence-electron chi connectivity index (χ3n) is 4.38. The monoisotopic (exact) mass is 356 g/mol. The van der Waals surface area contributed by atoms with Crippen molar-refractivity contribution >= 4 is 5.96 Å². The van der Waals surface area contributed by atoms with Gasteiger partial charge >= 0.3 is 0 Å². The average molecular weight is 356 g/mol. The van der Waals surface area contributed by atoms with Crippen LogP contribution < -0.4 is 20.1 Å². The van der Waals surface area contributed by atoms with E-state index in [2.05, 4.69) is 53.6 Å². The molecular formula is C20H28N4O2. The molecule has 0 bridgehead atoms. The van der Waals surface area contributed by atoms with E-state index in [9.17, 15) is 0 Å². The van der Waals surface area contributed by atoms with Gasteiger partial charge in [0.05, 0.1) is 13.7 Å². The van der Waals surface area contributed by atoms with Crippen LogP contribution in [0.1, 0.15) is 25.0 Å². The Balaban J connectivity index is 1.66. The zero-order valence-corrected chi connectivity index (χ0v) is 15.8.